The van der Waals surface area contributed by atoms with Crippen molar-refractivity contribution >= 4 is 5.91 Å². The van der Waals surface area contributed by atoms with Gasteiger partial charge in [-0.05, 0) is 0 Å². The number of nitrogens with two attached hydrogens (primary N) is 1. The number of hydrogen-bond donors (Lipinski definition) is 1. The molecular weight excluding hydrogens is 121 g/mol. The molecule has 9 heavy (non-hydrogen) atoms. The maximum Gasteiger partial charge on any atom is 0.247 e. The first kappa shape index (κ1) is 7.88. The number of allylic oxidation sites excluding steroid dienone is 1. The minimum absolute atomic E-state index is 0.259. The van der Waals surface area contributed by atoms with Crippen molar-refractivity contribution in [2.24, 2.45) is 5.73 Å². The summed E-state index contributed by atoms with van der Waals surface area (Å²) in [7, 11) is 0. The first-order valence-corrected chi connectivity index (χ1v) is 2.34. The number of carbonyl (C=O) groups is 1. The van der Waals surface area contributed by atoms with Crippen molar-refractivity contribution < 1.29 is 9.18 Å². The van der Waals surface area contributed by atoms with E-state index in [1.54, 1.807) is 0 Å². The van der Waals surface area contributed by atoms with Crippen LogP contribution in [0.3, 0.4) is 0 Å². The average molecular weight is 129 g/mol. The summed E-state index contributed by atoms with van der Waals surface area (Å²) in [5, 5.41) is 0. The molecule has 0 aromatic rings. The van der Waals surface area contributed by atoms with E-state index in [9.17, 15) is 9.18 Å². The predicted octanol–water partition coefficient (Wildman–Crippen LogP) is 0.552. The summed E-state index contributed by atoms with van der Waals surface area (Å²) < 4.78 is 12.3. The van der Waals surface area contributed by atoms with Gasteiger partial charge in [0.15, 0.2) is 0 Å². The molecule has 1 atom stereocenters. The third kappa shape index (κ3) is 2.08. The molecule has 1 unspecified atom stereocenters. The van der Waals surface area contributed by atoms with E-state index >= 15 is 0 Å². The molecule has 0 aliphatic heterocycles. The van der Waals surface area contributed by atoms with Crippen LogP contribution in [0.25, 0.3) is 0 Å². The number of carbonyl (C=O) groups excluding carboxylic acids is 1. The van der Waals surface area contributed by atoms with E-state index < -0.39 is 12.1 Å². The van der Waals surface area contributed by atoms with Crippen LogP contribution < -0.4 is 5.73 Å². The van der Waals surface area contributed by atoms with Gasteiger partial charge in [0.25, 0.3) is 0 Å². The summed E-state index contributed by atoms with van der Waals surface area (Å²) in [6.45, 7) is 6.22. The van der Waals surface area contributed by atoms with Gasteiger partial charge in [-0.2, -0.15) is 0 Å². The van der Waals surface area contributed by atoms with Crippen LogP contribution in [0.15, 0.2) is 24.8 Å². The van der Waals surface area contributed by atoms with E-state index in [0.717, 1.165) is 6.08 Å². The standard InChI is InChI=1S/C6H8FNO/c1-3-5(7)4(2)6(8)9/h3,5H,1-2H2,(H2,8,9). The molecular formula is C6H8FNO. The minimum Gasteiger partial charge on any atom is -0.366 e. The molecule has 0 aliphatic carbocycles. The van der Waals surface area contributed by atoms with Gasteiger partial charge in [0.1, 0.15) is 6.17 Å². The van der Waals surface area contributed by atoms with Gasteiger partial charge < -0.3 is 5.73 Å². The average Bonchev–Trinajstić information content (AvgIpc) is 1.84. The number of rotatable bonds is 3. The summed E-state index contributed by atoms with van der Waals surface area (Å²) in [6.07, 6.45) is -0.546. The lowest BCUT2D eigenvalue weighted by Gasteiger charge is -1.99. The number of halogens is 1. The van der Waals surface area contributed by atoms with Gasteiger partial charge in [-0.15, -0.1) is 0 Å². The lowest BCUT2D eigenvalue weighted by molar-refractivity contribution is -0.114. The lowest BCUT2D eigenvalue weighted by atomic mass is 10.2. The van der Waals surface area contributed by atoms with E-state index in [1.807, 2.05) is 0 Å². The van der Waals surface area contributed by atoms with Crippen LogP contribution in [0, 0.1) is 0 Å². The topological polar surface area (TPSA) is 43.1 Å². The van der Waals surface area contributed by atoms with Crippen molar-refractivity contribution in [3.8, 4) is 0 Å². The Morgan fingerprint density at radius 1 is 1.78 bits per heavy atom. The fraction of sp³-hybridized carbons (Fsp3) is 0.167. The van der Waals surface area contributed by atoms with Crippen molar-refractivity contribution in [1.29, 1.82) is 0 Å². The summed E-state index contributed by atoms with van der Waals surface area (Å²) in [5.41, 5.74) is 4.43. The highest BCUT2D eigenvalue weighted by Crippen LogP contribution is 2.03. The zero-order chi connectivity index (χ0) is 7.44. The zero-order valence-electron chi connectivity index (χ0n) is 4.93. The summed E-state index contributed by atoms with van der Waals surface area (Å²) in [6, 6.07) is 0. The number of alkyl halides is 1. The van der Waals surface area contributed by atoms with Crippen LogP contribution in [-0.4, -0.2) is 12.1 Å². The molecule has 0 heterocycles. The Morgan fingerprint density at radius 3 is 2.33 bits per heavy atom. The second kappa shape index (κ2) is 3.02. The number of primary amides is 1. The zero-order valence-corrected chi connectivity index (χ0v) is 4.93. The molecule has 0 radical (unpaired) electrons. The lowest BCUT2D eigenvalue weighted by Crippen LogP contribution is -2.19. The number of amides is 1. The monoisotopic (exact) mass is 129 g/mol. The molecule has 0 spiro atoms. The van der Waals surface area contributed by atoms with Gasteiger partial charge in [-0.3, -0.25) is 4.79 Å². The highest BCUT2D eigenvalue weighted by atomic mass is 19.1. The van der Waals surface area contributed by atoms with E-state index in [0.29, 0.717) is 0 Å². The van der Waals surface area contributed by atoms with Crippen molar-refractivity contribution in [2.75, 3.05) is 0 Å². The van der Waals surface area contributed by atoms with Crippen molar-refractivity contribution in [2.45, 2.75) is 6.17 Å². The van der Waals surface area contributed by atoms with E-state index in [2.05, 4.69) is 18.9 Å². The smallest absolute Gasteiger partial charge is 0.247 e. The van der Waals surface area contributed by atoms with E-state index in [4.69, 9.17) is 0 Å². The second-order valence-corrected chi connectivity index (χ2v) is 1.53. The molecule has 0 aromatic heterocycles. The molecule has 50 valence electrons. The Kier molecular flexibility index (Phi) is 2.64. The van der Waals surface area contributed by atoms with Crippen LogP contribution >= 0.6 is 0 Å². The third-order valence-corrected chi connectivity index (χ3v) is 0.856. The Hall–Kier alpha value is -1.12. The van der Waals surface area contributed by atoms with E-state index in [1.165, 1.54) is 0 Å². The fourth-order valence-electron chi connectivity index (χ4n) is 0.278. The van der Waals surface area contributed by atoms with Crippen LogP contribution in [0.4, 0.5) is 4.39 Å². The molecule has 0 aromatic carbocycles. The molecule has 0 bridgehead atoms. The molecule has 0 saturated heterocycles. The van der Waals surface area contributed by atoms with Gasteiger partial charge >= 0.3 is 0 Å². The highest BCUT2D eigenvalue weighted by Gasteiger charge is 2.10. The van der Waals surface area contributed by atoms with E-state index in [-0.39, 0.29) is 5.57 Å². The van der Waals surface area contributed by atoms with Gasteiger partial charge in [0.2, 0.25) is 5.91 Å². The Morgan fingerprint density at radius 2 is 2.22 bits per heavy atom. The first-order chi connectivity index (χ1) is 4.09. The first-order valence-electron chi connectivity index (χ1n) is 2.34. The molecule has 1 amide bonds. The van der Waals surface area contributed by atoms with Crippen molar-refractivity contribution in [3.63, 3.8) is 0 Å². The normalized spacial score (nSPS) is 12.1. The Bertz CT molecular complexity index is 153. The maximum atomic E-state index is 12.3. The molecule has 0 fully saturated rings. The Balaban J connectivity index is 4.03. The molecule has 2 nitrogen and oxygen atoms in total. The molecule has 0 aliphatic rings. The largest absolute Gasteiger partial charge is 0.366 e. The van der Waals surface area contributed by atoms with Crippen LogP contribution in [0.2, 0.25) is 0 Å². The molecule has 2 N–H and O–H groups in total. The molecule has 0 saturated carbocycles. The fourth-order valence-corrected chi connectivity index (χ4v) is 0.278. The summed E-state index contributed by atoms with van der Waals surface area (Å²) in [5.74, 6) is -0.831. The highest BCUT2D eigenvalue weighted by molar-refractivity contribution is 5.92. The summed E-state index contributed by atoms with van der Waals surface area (Å²) in [4.78, 5) is 10.1. The van der Waals surface area contributed by atoms with Crippen LogP contribution in [0.5, 0.6) is 0 Å². The third-order valence-electron chi connectivity index (χ3n) is 0.856. The SMILES string of the molecule is C=CC(F)C(=C)C(N)=O. The van der Waals surface area contributed by atoms with Gasteiger partial charge in [0.05, 0.1) is 0 Å². The van der Waals surface area contributed by atoms with Crippen LogP contribution in [-0.2, 0) is 4.79 Å². The van der Waals surface area contributed by atoms with Crippen LogP contribution in [0.1, 0.15) is 0 Å². The van der Waals surface area contributed by atoms with Crippen molar-refractivity contribution in [3.05, 3.63) is 24.8 Å². The minimum atomic E-state index is -1.51. The molecule has 3 heteroatoms. The summed E-state index contributed by atoms with van der Waals surface area (Å²) >= 11 is 0. The maximum absolute atomic E-state index is 12.3. The van der Waals surface area contributed by atoms with Gasteiger partial charge in [-0.1, -0.05) is 19.2 Å². The van der Waals surface area contributed by atoms with Gasteiger partial charge in [0, 0.05) is 5.57 Å². The molecule has 0 rings (SSSR count). The quantitative estimate of drug-likeness (QED) is 0.439. The van der Waals surface area contributed by atoms with Gasteiger partial charge in [-0.25, -0.2) is 4.39 Å². The predicted molar refractivity (Wildman–Crippen MR) is 33.4 cm³/mol. The number of hydrogen-bond acceptors (Lipinski definition) is 1. The Labute approximate surface area is 52.9 Å². The second-order valence-electron chi connectivity index (χ2n) is 1.53. The van der Waals surface area contributed by atoms with Crippen molar-refractivity contribution in [1.82, 2.24) is 0 Å².